The Morgan fingerprint density at radius 3 is 1.87 bits per heavy atom. The lowest BCUT2D eigenvalue weighted by Crippen LogP contribution is -2.68. The highest BCUT2D eigenvalue weighted by Gasteiger charge is 2.56. The van der Waals surface area contributed by atoms with Gasteiger partial charge in [0.15, 0.2) is 5.79 Å². The monoisotopic (exact) mass is 442 g/mol. The molecule has 170 valence electrons. The molecule has 1 aliphatic rings. The molecular weight excluding hydrogens is 404 g/mol. The molecule has 0 aromatic heterocycles. The van der Waals surface area contributed by atoms with E-state index in [1.807, 2.05) is 32.9 Å². The highest BCUT2D eigenvalue weighted by molar-refractivity contribution is 6.99. The van der Waals surface area contributed by atoms with Crippen LogP contribution in [0.15, 0.2) is 60.7 Å². The molecule has 1 N–H and O–H groups in total. The van der Waals surface area contributed by atoms with Gasteiger partial charge in [0.2, 0.25) is 0 Å². The zero-order valence-electron chi connectivity index (χ0n) is 20.0. The lowest BCUT2D eigenvalue weighted by atomic mass is 9.91. The highest BCUT2D eigenvalue weighted by atomic mass is 28.4. The predicted molar refractivity (Wildman–Crippen MR) is 128 cm³/mol. The van der Waals surface area contributed by atoms with Crippen LogP contribution in [0.3, 0.4) is 0 Å². The molecule has 5 heteroatoms. The second-order valence-corrected chi connectivity index (χ2v) is 14.8. The second-order valence-electron chi connectivity index (χ2n) is 10.5. The van der Waals surface area contributed by atoms with E-state index in [1.165, 1.54) is 10.4 Å². The number of benzene rings is 2. The lowest BCUT2D eigenvalue weighted by Gasteiger charge is -2.45. The van der Waals surface area contributed by atoms with E-state index in [9.17, 15) is 5.11 Å². The molecule has 2 aromatic rings. The molecule has 1 fully saturated rings. The lowest BCUT2D eigenvalue weighted by molar-refractivity contribution is -0.166. The summed E-state index contributed by atoms with van der Waals surface area (Å²) in [6, 6.07) is 21.2. The van der Waals surface area contributed by atoms with Crippen molar-refractivity contribution in [2.45, 2.75) is 71.0 Å². The third-order valence-corrected chi connectivity index (χ3v) is 11.3. The van der Waals surface area contributed by atoms with Crippen molar-refractivity contribution in [3.8, 4) is 0 Å². The summed E-state index contributed by atoms with van der Waals surface area (Å²) in [5, 5.41) is 12.2. The van der Waals surface area contributed by atoms with Crippen LogP contribution >= 0.6 is 0 Å². The van der Waals surface area contributed by atoms with Gasteiger partial charge in [-0.25, -0.2) is 0 Å². The van der Waals surface area contributed by atoms with Gasteiger partial charge in [0, 0.05) is 12.5 Å². The average Bonchev–Trinajstić information content (AvgIpc) is 2.97. The molecule has 0 radical (unpaired) electrons. The zero-order chi connectivity index (χ0) is 22.9. The number of hydrogen-bond donors (Lipinski definition) is 1. The van der Waals surface area contributed by atoms with E-state index in [0.717, 1.165) is 0 Å². The van der Waals surface area contributed by atoms with Crippen molar-refractivity contribution in [2.24, 2.45) is 5.92 Å². The van der Waals surface area contributed by atoms with Gasteiger partial charge in [0.05, 0.1) is 12.7 Å². The summed E-state index contributed by atoms with van der Waals surface area (Å²) in [7, 11) is -2.68. The van der Waals surface area contributed by atoms with Crippen molar-refractivity contribution in [1.82, 2.24) is 0 Å². The maximum absolute atomic E-state index is 9.84. The summed E-state index contributed by atoms with van der Waals surface area (Å²) in [5.41, 5.74) is -0.668. The van der Waals surface area contributed by atoms with Crippen LogP contribution in [0, 0.1) is 5.92 Å². The smallest absolute Gasteiger partial charge is 0.261 e. The Kier molecular flexibility index (Phi) is 6.85. The van der Waals surface area contributed by atoms with Gasteiger partial charge in [-0.15, -0.1) is 0 Å². The van der Waals surface area contributed by atoms with Gasteiger partial charge in [-0.3, -0.25) is 0 Å². The number of hydrogen-bond acceptors (Lipinski definition) is 4. The molecule has 3 atom stereocenters. The molecule has 2 aromatic carbocycles. The van der Waals surface area contributed by atoms with Gasteiger partial charge in [0.25, 0.3) is 8.32 Å². The van der Waals surface area contributed by atoms with E-state index in [2.05, 4.69) is 76.2 Å². The van der Waals surface area contributed by atoms with Crippen LogP contribution in [-0.4, -0.2) is 44.1 Å². The third-order valence-electron chi connectivity index (χ3n) is 6.29. The fourth-order valence-corrected chi connectivity index (χ4v) is 9.67. The van der Waals surface area contributed by atoms with E-state index >= 15 is 0 Å². The number of ether oxygens (including phenoxy) is 2. The summed E-state index contributed by atoms with van der Waals surface area (Å²) in [4.78, 5) is 0. The molecular formula is C26H38O4Si. The van der Waals surface area contributed by atoms with E-state index in [0.29, 0.717) is 6.61 Å². The normalized spacial score (nSPS) is 24.8. The molecule has 0 aliphatic carbocycles. The molecule has 0 spiro atoms. The minimum atomic E-state index is -2.68. The molecule has 3 rings (SSSR count). The van der Waals surface area contributed by atoms with Gasteiger partial charge < -0.3 is 19.0 Å². The van der Waals surface area contributed by atoms with Crippen molar-refractivity contribution in [3.05, 3.63) is 60.7 Å². The third kappa shape index (κ3) is 4.66. The van der Waals surface area contributed by atoms with Gasteiger partial charge >= 0.3 is 0 Å². The van der Waals surface area contributed by atoms with Crippen LogP contribution in [-0.2, 0) is 13.9 Å². The largest absolute Gasteiger partial charge is 0.404 e. The molecule has 1 heterocycles. The molecule has 0 saturated carbocycles. The first-order valence-electron chi connectivity index (χ1n) is 11.2. The van der Waals surface area contributed by atoms with Crippen molar-refractivity contribution in [3.63, 3.8) is 0 Å². The molecule has 0 bridgehead atoms. The minimum absolute atomic E-state index is 0.0406. The Hall–Kier alpha value is -1.50. The van der Waals surface area contributed by atoms with Crippen molar-refractivity contribution >= 4 is 18.7 Å². The van der Waals surface area contributed by atoms with Gasteiger partial charge in [-0.1, -0.05) is 88.4 Å². The van der Waals surface area contributed by atoms with Crippen LogP contribution in [0.5, 0.6) is 0 Å². The maximum Gasteiger partial charge on any atom is 0.261 e. The average molecular weight is 443 g/mol. The van der Waals surface area contributed by atoms with Crippen molar-refractivity contribution in [1.29, 1.82) is 0 Å². The van der Waals surface area contributed by atoms with Crippen LogP contribution < -0.4 is 10.4 Å². The SMILES string of the molecule is CC(CO)C1OC(C)(C)OC1(C)CO[Si](c1ccccc1)(c1ccccc1)C(C)(C)C. The molecule has 1 aliphatic heterocycles. The summed E-state index contributed by atoms with van der Waals surface area (Å²) in [6.45, 7) is 15.1. The molecule has 31 heavy (non-hydrogen) atoms. The Bertz CT molecular complexity index is 807. The van der Waals surface area contributed by atoms with Crippen LogP contribution in [0.2, 0.25) is 5.04 Å². The van der Waals surface area contributed by atoms with E-state index < -0.39 is 19.7 Å². The Labute approximate surface area is 188 Å². The van der Waals surface area contributed by atoms with Crippen molar-refractivity contribution in [2.75, 3.05) is 13.2 Å². The van der Waals surface area contributed by atoms with E-state index in [-0.39, 0.29) is 23.7 Å². The minimum Gasteiger partial charge on any atom is -0.404 e. The van der Waals surface area contributed by atoms with Crippen LogP contribution in [0.1, 0.15) is 48.5 Å². The summed E-state index contributed by atoms with van der Waals surface area (Å²) >= 11 is 0. The van der Waals surface area contributed by atoms with E-state index in [1.54, 1.807) is 0 Å². The molecule has 0 amide bonds. The Morgan fingerprint density at radius 1 is 0.968 bits per heavy atom. The second kappa shape index (κ2) is 8.79. The highest BCUT2D eigenvalue weighted by Crippen LogP contribution is 2.42. The van der Waals surface area contributed by atoms with E-state index in [4.69, 9.17) is 13.9 Å². The zero-order valence-corrected chi connectivity index (χ0v) is 21.0. The fraction of sp³-hybridized carbons (Fsp3) is 0.538. The standard InChI is InChI=1S/C26H38O4Si/c1-20(18-27)23-26(7,30-25(5,6)29-23)19-28-31(24(2,3)4,21-14-10-8-11-15-21)22-16-12-9-13-17-22/h8-17,20,23,27H,18-19H2,1-7H3. The van der Waals surface area contributed by atoms with Crippen LogP contribution in [0.4, 0.5) is 0 Å². The Morgan fingerprint density at radius 2 is 1.45 bits per heavy atom. The molecule has 4 nitrogen and oxygen atoms in total. The van der Waals surface area contributed by atoms with Crippen molar-refractivity contribution < 1.29 is 19.0 Å². The van der Waals surface area contributed by atoms with Gasteiger partial charge in [-0.05, 0) is 36.2 Å². The van der Waals surface area contributed by atoms with Crippen LogP contribution in [0.25, 0.3) is 0 Å². The first kappa shape index (κ1) is 24.1. The summed E-state index contributed by atoms with van der Waals surface area (Å²) in [5.74, 6) is -0.785. The topological polar surface area (TPSA) is 47.9 Å². The Balaban J connectivity index is 2.08. The quantitative estimate of drug-likeness (QED) is 0.656. The first-order chi connectivity index (χ1) is 14.5. The number of aliphatic hydroxyl groups is 1. The molecule has 3 unspecified atom stereocenters. The maximum atomic E-state index is 9.84. The predicted octanol–water partition coefficient (Wildman–Crippen LogP) is 4.10. The number of rotatable bonds is 7. The number of aliphatic hydroxyl groups excluding tert-OH is 1. The van der Waals surface area contributed by atoms with Gasteiger partial charge in [0.1, 0.15) is 5.60 Å². The van der Waals surface area contributed by atoms with Gasteiger partial charge in [-0.2, -0.15) is 0 Å². The fourth-order valence-electron chi connectivity index (χ4n) is 5.01. The first-order valence-corrected chi connectivity index (χ1v) is 13.1. The molecule has 1 saturated heterocycles. The summed E-state index contributed by atoms with van der Waals surface area (Å²) < 4.78 is 19.8. The summed E-state index contributed by atoms with van der Waals surface area (Å²) in [6.07, 6.45) is -0.259.